The predicted molar refractivity (Wildman–Crippen MR) is 72.7 cm³/mol. The van der Waals surface area contributed by atoms with Gasteiger partial charge in [-0.3, -0.25) is 10.1 Å². The zero-order valence-corrected chi connectivity index (χ0v) is 11.2. The molecule has 0 radical (unpaired) electrons. The molecule has 6 nitrogen and oxygen atoms in total. The number of hydrogen-bond acceptors (Lipinski definition) is 5. The van der Waals surface area contributed by atoms with Crippen LogP contribution in [-0.2, 0) is 6.42 Å². The second-order valence-corrected chi connectivity index (χ2v) is 4.46. The first-order valence-electron chi connectivity index (χ1n) is 6.11. The first-order chi connectivity index (χ1) is 9.51. The van der Waals surface area contributed by atoms with Crippen molar-refractivity contribution in [3.05, 3.63) is 46.2 Å². The average molecular weight is 277 g/mol. The number of benzene rings is 1. The summed E-state index contributed by atoms with van der Waals surface area (Å²) in [6.45, 7) is 1.67. The van der Waals surface area contributed by atoms with Gasteiger partial charge in [0, 0.05) is 18.1 Å². The number of nitro groups is 1. The van der Waals surface area contributed by atoms with Crippen LogP contribution in [0.5, 0.6) is 5.75 Å². The molecule has 1 heterocycles. The Morgan fingerprint density at radius 1 is 1.40 bits per heavy atom. The Bertz CT molecular complexity index is 618. The minimum atomic E-state index is -0.501. The van der Waals surface area contributed by atoms with E-state index in [1.807, 2.05) is 0 Å². The van der Waals surface area contributed by atoms with E-state index in [4.69, 9.17) is 9.15 Å². The lowest BCUT2D eigenvalue weighted by atomic mass is 10.1. The van der Waals surface area contributed by atoms with E-state index in [2.05, 4.69) is 0 Å². The molecule has 0 fully saturated rings. The zero-order valence-electron chi connectivity index (χ0n) is 11.2. The Labute approximate surface area is 115 Å². The number of aliphatic hydroxyl groups excluding tert-OH is 1. The first kappa shape index (κ1) is 14.1. The molecular weight excluding hydrogens is 262 g/mol. The molecular formula is C14H15NO5. The molecule has 2 aromatic rings. The summed E-state index contributed by atoms with van der Waals surface area (Å²) in [5.41, 5.74) is 0.479. The Balaban J connectivity index is 2.35. The second-order valence-electron chi connectivity index (χ2n) is 4.46. The summed E-state index contributed by atoms with van der Waals surface area (Å²) in [6.07, 6.45) is -0.0997. The molecule has 1 aromatic carbocycles. The Kier molecular flexibility index (Phi) is 4.05. The van der Waals surface area contributed by atoms with Crippen LogP contribution in [0, 0.1) is 10.1 Å². The van der Waals surface area contributed by atoms with Crippen molar-refractivity contribution >= 4 is 5.69 Å². The second kappa shape index (κ2) is 5.75. The number of ether oxygens (including phenoxy) is 1. The SMILES string of the molecule is COc1ccc(-c2ccc(CC(C)O)o2)cc1[N+](=O)[O-]. The van der Waals surface area contributed by atoms with Gasteiger partial charge in [-0.25, -0.2) is 0 Å². The lowest BCUT2D eigenvalue weighted by Gasteiger charge is -2.03. The zero-order chi connectivity index (χ0) is 14.7. The standard InChI is InChI=1S/C14H15NO5/c1-9(16)7-11-4-6-13(20-11)10-3-5-14(19-2)12(8-10)15(17)18/h3-6,8-9,16H,7H2,1-2H3. The molecule has 2 rings (SSSR count). The highest BCUT2D eigenvalue weighted by Gasteiger charge is 2.17. The Morgan fingerprint density at radius 3 is 2.75 bits per heavy atom. The quantitative estimate of drug-likeness (QED) is 0.670. The van der Waals surface area contributed by atoms with Gasteiger partial charge in [-0.05, 0) is 31.2 Å². The molecule has 0 aliphatic carbocycles. The molecule has 1 N–H and O–H groups in total. The fraction of sp³-hybridized carbons (Fsp3) is 0.286. The van der Waals surface area contributed by atoms with E-state index in [-0.39, 0.29) is 11.4 Å². The van der Waals surface area contributed by atoms with Crippen LogP contribution >= 0.6 is 0 Å². The van der Waals surface area contributed by atoms with Gasteiger partial charge in [0.15, 0.2) is 5.75 Å². The molecule has 1 atom stereocenters. The van der Waals surface area contributed by atoms with Gasteiger partial charge in [-0.2, -0.15) is 0 Å². The number of methoxy groups -OCH3 is 1. The maximum Gasteiger partial charge on any atom is 0.311 e. The average Bonchev–Trinajstić information content (AvgIpc) is 2.85. The van der Waals surface area contributed by atoms with Crippen molar-refractivity contribution in [2.75, 3.05) is 7.11 Å². The molecule has 0 amide bonds. The van der Waals surface area contributed by atoms with Crippen LogP contribution in [0.3, 0.4) is 0 Å². The van der Waals surface area contributed by atoms with Gasteiger partial charge >= 0.3 is 5.69 Å². The minimum Gasteiger partial charge on any atom is -0.490 e. The summed E-state index contributed by atoms with van der Waals surface area (Å²) < 4.78 is 10.5. The van der Waals surface area contributed by atoms with Crippen molar-refractivity contribution in [2.24, 2.45) is 0 Å². The van der Waals surface area contributed by atoms with Gasteiger partial charge in [-0.1, -0.05) is 0 Å². The van der Waals surface area contributed by atoms with Gasteiger partial charge in [0.1, 0.15) is 11.5 Å². The van der Waals surface area contributed by atoms with E-state index in [1.165, 1.54) is 19.2 Å². The van der Waals surface area contributed by atoms with Gasteiger partial charge < -0.3 is 14.3 Å². The van der Waals surface area contributed by atoms with E-state index in [1.54, 1.807) is 25.1 Å². The normalized spacial score (nSPS) is 12.2. The van der Waals surface area contributed by atoms with Crippen LogP contribution in [0.1, 0.15) is 12.7 Å². The topological polar surface area (TPSA) is 85.7 Å². The highest BCUT2D eigenvalue weighted by molar-refractivity contribution is 5.65. The van der Waals surface area contributed by atoms with Crippen molar-refractivity contribution in [3.8, 4) is 17.1 Å². The lowest BCUT2D eigenvalue weighted by Crippen LogP contribution is -2.02. The number of aliphatic hydroxyl groups is 1. The number of rotatable bonds is 5. The van der Waals surface area contributed by atoms with E-state index >= 15 is 0 Å². The summed E-state index contributed by atoms with van der Waals surface area (Å²) in [7, 11) is 1.38. The fourth-order valence-corrected chi connectivity index (χ4v) is 1.92. The van der Waals surface area contributed by atoms with E-state index in [9.17, 15) is 15.2 Å². The number of furan rings is 1. The number of nitro benzene ring substituents is 1. The molecule has 1 aromatic heterocycles. The lowest BCUT2D eigenvalue weighted by molar-refractivity contribution is -0.385. The third-order valence-corrected chi connectivity index (χ3v) is 2.82. The summed E-state index contributed by atoms with van der Waals surface area (Å²) in [5, 5.41) is 20.3. The molecule has 0 saturated heterocycles. The van der Waals surface area contributed by atoms with E-state index in [0.29, 0.717) is 23.5 Å². The Morgan fingerprint density at radius 2 is 2.15 bits per heavy atom. The van der Waals surface area contributed by atoms with Crippen molar-refractivity contribution in [2.45, 2.75) is 19.4 Å². The van der Waals surface area contributed by atoms with Gasteiger partial charge in [0.05, 0.1) is 18.1 Å². The van der Waals surface area contributed by atoms with Gasteiger partial charge in [0.25, 0.3) is 0 Å². The van der Waals surface area contributed by atoms with Crippen molar-refractivity contribution in [1.29, 1.82) is 0 Å². The molecule has 1 unspecified atom stereocenters. The smallest absolute Gasteiger partial charge is 0.311 e. The number of nitrogens with zero attached hydrogens (tertiary/aromatic N) is 1. The van der Waals surface area contributed by atoms with Crippen LogP contribution < -0.4 is 4.74 Å². The van der Waals surface area contributed by atoms with Crippen LogP contribution in [0.25, 0.3) is 11.3 Å². The van der Waals surface area contributed by atoms with Crippen LogP contribution in [0.4, 0.5) is 5.69 Å². The van der Waals surface area contributed by atoms with Gasteiger partial charge in [0.2, 0.25) is 0 Å². The molecule has 0 bridgehead atoms. The maximum absolute atomic E-state index is 11.0. The fourth-order valence-electron chi connectivity index (χ4n) is 1.92. The summed E-state index contributed by atoms with van der Waals surface area (Å²) >= 11 is 0. The van der Waals surface area contributed by atoms with Crippen LogP contribution in [0.2, 0.25) is 0 Å². The van der Waals surface area contributed by atoms with E-state index < -0.39 is 11.0 Å². The molecule has 0 aliphatic heterocycles. The third-order valence-electron chi connectivity index (χ3n) is 2.82. The number of hydrogen-bond donors (Lipinski definition) is 1. The minimum absolute atomic E-state index is 0.113. The van der Waals surface area contributed by atoms with E-state index in [0.717, 1.165) is 0 Å². The van der Waals surface area contributed by atoms with Gasteiger partial charge in [-0.15, -0.1) is 0 Å². The molecule has 6 heteroatoms. The maximum atomic E-state index is 11.0. The van der Waals surface area contributed by atoms with Crippen molar-refractivity contribution in [1.82, 2.24) is 0 Å². The summed E-state index contributed by atoms with van der Waals surface area (Å²) in [4.78, 5) is 10.5. The van der Waals surface area contributed by atoms with Crippen molar-refractivity contribution < 1.29 is 19.2 Å². The Hall–Kier alpha value is -2.34. The largest absolute Gasteiger partial charge is 0.490 e. The predicted octanol–water partition coefficient (Wildman–Crippen LogP) is 2.79. The summed E-state index contributed by atoms with van der Waals surface area (Å²) in [5.74, 6) is 1.36. The van der Waals surface area contributed by atoms with Crippen LogP contribution in [-0.4, -0.2) is 23.2 Å². The highest BCUT2D eigenvalue weighted by atomic mass is 16.6. The molecule has 0 saturated carbocycles. The van der Waals surface area contributed by atoms with Crippen molar-refractivity contribution in [3.63, 3.8) is 0 Å². The summed E-state index contributed by atoms with van der Waals surface area (Å²) in [6, 6.07) is 8.10. The molecule has 0 aliphatic rings. The molecule has 0 spiro atoms. The molecule has 20 heavy (non-hydrogen) atoms. The third kappa shape index (κ3) is 2.97. The highest BCUT2D eigenvalue weighted by Crippen LogP contribution is 2.32. The molecule has 106 valence electrons. The van der Waals surface area contributed by atoms with Crippen LogP contribution in [0.15, 0.2) is 34.7 Å². The first-order valence-corrected chi connectivity index (χ1v) is 6.11. The monoisotopic (exact) mass is 277 g/mol.